The van der Waals surface area contributed by atoms with E-state index >= 15 is 0 Å². The van der Waals surface area contributed by atoms with Gasteiger partial charge in [-0.25, -0.2) is 19.2 Å². The molecular weight excluding hydrogens is 460 g/mol. The highest BCUT2D eigenvalue weighted by molar-refractivity contribution is 5.82. The molecule has 0 fully saturated rings. The molecule has 198 valence electrons. The van der Waals surface area contributed by atoms with Gasteiger partial charge in [0.1, 0.15) is 12.7 Å². The molecule has 0 bridgehead atoms. The highest BCUT2D eigenvalue weighted by Crippen LogP contribution is 2.01. The Kier molecular flexibility index (Phi) is 21.9. The van der Waals surface area contributed by atoms with E-state index in [-0.39, 0.29) is 31.5 Å². The average Bonchev–Trinajstić information content (AvgIpc) is 2.86. The second kappa shape index (κ2) is 22.5. The van der Waals surface area contributed by atoms with Crippen LogP contribution in [0.4, 0.5) is 0 Å². The molecule has 0 aliphatic heterocycles. The maximum absolute atomic E-state index is 11.0. The smallest absolute Gasteiger partial charge is 0.330 e. The molecule has 0 aromatic rings. The zero-order valence-corrected chi connectivity index (χ0v) is 20.9. The molecule has 10 heteroatoms. The van der Waals surface area contributed by atoms with Crippen molar-refractivity contribution in [3.05, 3.63) is 50.6 Å². The zero-order chi connectivity index (χ0) is 27.1. The first-order valence-electron chi connectivity index (χ1n) is 11.0. The van der Waals surface area contributed by atoms with Crippen LogP contribution in [0.2, 0.25) is 0 Å². The Bertz CT molecular complexity index is 662. The Morgan fingerprint density at radius 3 is 1.37 bits per heavy atom. The van der Waals surface area contributed by atoms with Gasteiger partial charge >= 0.3 is 23.9 Å². The fourth-order valence-electron chi connectivity index (χ4n) is 1.90. The lowest BCUT2D eigenvalue weighted by Gasteiger charge is -2.19. The summed E-state index contributed by atoms with van der Waals surface area (Å²) in [4.78, 5) is 43.0. The standard InChI is InChI=1S/C15H24O6.C10H14O4/c1-6-14(16)20-9-12(4)18-8-11(3)19-10-13(5)21-15(17)7-2;1-3-9(11)13-7-5-6-8-14-10(12)4-2/h6-7,11-13H,1-2,8-10H2,3-5H3;3-4H,1-2,5-8H2. The van der Waals surface area contributed by atoms with Crippen LogP contribution in [0.1, 0.15) is 33.6 Å². The summed E-state index contributed by atoms with van der Waals surface area (Å²) in [6.07, 6.45) is 4.97. The molecule has 0 spiro atoms. The summed E-state index contributed by atoms with van der Waals surface area (Å²) in [5.41, 5.74) is 0. The van der Waals surface area contributed by atoms with E-state index < -0.39 is 23.9 Å². The van der Waals surface area contributed by atoms with Gasteiger partial charge in [-0.3, -0.25) is 0 Å². The van der Waals surface area contributed by atoms with Crippen molar-refractivity contribution >= 4 is 23.9 Å². The molecule has 0 amide bonds. The van der Waals surface area contributed by atoms with E-state index in [1.54, 1.807) is 13.8 Å². The van der Waals surface area contributed by atoms with Gasteiger partial charge < -0.3 is 28.4 Å². The fourth-order valence-corrected chi connectivity index (χ4v) is 1.90. The van der Waals surface area contributed by atoms with Crippen LogP contribution in [-0.2, 0) is 47.6 Å². The summed E-state index contributed by atoms with van der Waals surface area (Å²) in [6, 6.07) is 0. The van der Waals surface area contributed by atoms with Gasteiger partial charge in [0.15, 0.2) is 0 Å². The lowest BCUT2D eigenvalue weighted by atomic mass is 10.3. The van der Waals surface area contributed by atoms with Gasteiger partial charge in [0.05, 0.1) is 38.6 Å². The van der Waals surface area contributed by atoms with Crippen LogP contribution >= 0.6 is 0 Å². The van der Waals surface area contributed by atoms with E-state index in [9.17, 15) is 19.2 Å². The molecule has 0 aromatic carbocycles. The first kappa shape index (κ1) is 33.9. The van der Waals surface area contributed by atoms with E-state index in [4.69, 9.17) is 28.4 Å². The van der Waals surface area contributed by atoms with Crippen LogP contribution in [-0.4, -0.2) is 75.2 Å². The number of esters is 4. The minimum atomic E-state index is -0.479. The normalized spacial score (nSPS) is 12.3. The predicted octanol–water partition coefficient (Wildman–Crippen LogP) is 2.87. The Labute approximate surface area is 207 Å². The van der Waals surface area contributed by atoms with Gasteiger partial charge in [0.2, 0.25) is 0 Å². The van der Waals surface area contributed by atoms with E-state index in [1.165, 1.54) is 0 Å². The van der Waals surface area contributed by atoms with Crippen molar-refractivity contribution < 1.29 is 47.6 Å². The van der Waals surface area contributed by atoms with Crippen molar-refractivity contribution in [2.24, 2.45) is 0 Å². The molecule has 0 aliphatic carbocycles. The highest BCUT2D eigenvalue weighted by Gasteiger charge is 2.12. The maximum Gasteiger partial charge on any atom is 0.330 e. The Morgan fingerprint density at radius 1 is 0.571 bits per heavy atom. The van der Waals surface area contributed by atoms with Gasteiger partial charge in [0.25, 0.3) is 0 Å². The summed E-state index contributed by atoms with van der Waals surface area (Å²) in [5.74, 6) is -1.83. The number of carbonyl (C=O) groups is 4. The monoisotopic (exact) mass is 498 g/mol. The third kappa shape index (κ3) is 23.7. The van der Waals surface area contributed by atoms with E-state index in [0.717, 1.165) is 24.3 Å². The number of hydrogen-bond donors (Lipinski definition) is 0. The minimum absolute atomic E-state index is 0.158. The maximum atomic E-state index is 11.0. The Morgan fingerprint density at radius 2 is 0.943 bits per heavy atom. The number of rotatable bonds is 18. The molecule has 0 saturated heterocycles. The van der Waals surface area contributed by atoms with Gasteiger partial charge in [0, 0.05) is 24.3 Å². The lowest BCUT2D eigenvalue weighted by Crippen LogP contribution is -2.27. The second-order valence-electron chi connectivity index (χ2n) is 7.02. The van der Waals surface area contributed by atoms with Crippen LogP contribution in [0.25, 0.3) is 0 Å². The first-order valence-corrected chi connectivity index (χ1v) is 11.0. The number of unbranched alkanes of at least 4 members (excludes halogenated alkanes) is 1. The van der Waals surface area contributed by atoms with E-state index in [0.29, 0.717) is 32.7 Å². The largest absolute Gasteiger partial charge is 0.463 e. The van der Waals surface area contributed by atoms with Crippen LogP contribution in [0.15, 0.2) is 50.6 Å². The van der Waals surface area contributed by atoms with Crippen molar-refractivity contribution in [1.29, 1.82) is 0 Å². The van der Waals surface area contributed by atoms with Crippen LogP contribution in [0.3, 0.4) is 0 Å². The van der Waals surface area contributed by atoms with E-state index in [2.05, 4.69) is 26.3 Å². The minimum Gasteiger partial charge on any atom is -0.463 e. The predicted molar refractivity (Wildman–Crippen MR) is 129 cm³/mol. The van der Waals surface area contributed by atoms with Gasteiger partial charge in [-0.1, -0.05) is 26.3 Å². The molecule has 0 aromatic heterocycles. The zero-order valence-electron chi connectivity index (χ0n) is 20.9. The third-order valence-electron chi connectivity index (χ3n) is 3.70. The molecular formula is C25H38O10. The molecule has 10 nitrogen and oxygen atoms in total. The summed E-state index contributed by atoms with van der Waals surface area (Å²) in [6.45, 7) is 19.9. The number of ether oxygens (including phenoxy) is 6. The molecule has 3 unspecified atom stereocenters. The van der Waals surface area contributed by atoms with Crippen LogP contribution in [0, 0.1) is 0 Å². The van der Waals surface area contributed by atoms with Crippen LogP contribution < -0.4 is 0 Å². The summed E-state index contributed by atoms with van der Waals surface area (Å²) in [7, 11) is 0. The fraction of sp³-hybridized carbons (Fsp3) is 0.520. The Balaban J connectivity index is 0. The molecule has 0 radical (unpaired) electrons. The molecule has 3 atom stereocenters. The molecule has 0 saturated carbocycles. The summed E-state index contributed by atoms with van der Waals surface area (Å²) in [5, 5.41) is 0. The van der Waals surface area contributed by atoms with Crippen molar-refractivity contribution in [3.8, 4) is 0 Å². The number of carbonyl (C=O) groups excluding carboxylic acids is 4. The highest BCUT2D eigenvalue weighted by atomic mass is 16.6. The Hall–Kier alpha value is -3.24. The van der Waals surface area contributed by atoms with Crippen molar-refractivity contribution in [2.45, 2.75) is 51.9 Å². The van der Waals surface area contributed by atoms with Gasteiger partial charge in [-0.15, -0.1) is 0 Å². The first-order chi connectivity index (χ1) is 16.6. The third-order valence-corrected chi connectivity index (χ3v) is 3.70. The average molecular weight is 499 g/mol. The van der Waals surface area contributed by atoms with E-state index in [1.807, 2.05) is 6.92 Å². The topological polar surface area (TPSA) is 124 Å². The molecule has 0 aliphatic rings. The quantitative estimate of drug-likeness (QED) is 0.121. The SMILES string of the molecule is C=CC(=O)OCC(C)OCC(C)OCC(C)OC(=O)C=C.C=CC(=O)OCCCCOC(=O)C=C. The molecule has 35 heavy (non-hydrogen) atoms. The number of hydrogen-bond acceptors (Lipinski definition) is 10. The van der Waals surface area contributed by atoms with Crippen molar-refractivity contribution in [1.82, 2.24) is 0 Å². The van der Waals surface area contributed by atoms with Gasteiger partial charge in [-0.2, -0.15) is 0 Å². The summed E-state index contributed by atoms with van der Waals surface area (Å²) < 4.78 is 30.2. The lowest BCUT2D eigenvalue weighted by molar-refractivity contribution is -0.148. The van der Waals surface area contributed by atoms with Crippen molar-refractivity contribution in [2.75, 3.05) is 33.0 Å². The summed E-state index contributed by atoms with van der Waals surface area (Å²) >= 11 is 0. The second-order valence-corrected chi connectivity index (χ2v) is 7.02. The molecule has 0 rings (SSSR count). The van der Waals surface area contributed by atoms with Crippen LogP contribution in [0.5, 0.6) is 0 Å². The molecule has 0 N–H and O–H groups in total. The van der Waals surface area contributed by atoms with Gasteiger partial charge in [-0.05, 0) is 33.6 Å². The molecule has 0 heterocycles. The van der Waals surface area contributed by atoms with Crippen molar-refractivity contribution in [3.63, 3.8) is 0 Å².